The van der Waals surface area contributed by atoms with Crippen LogP contribution >= 0.6 is 0 Å². The lowest BCUT2D eigenvalue weighted by atomic mass is 10.1. The second-order valence-corrected chi connectivity index (χ2v) is 6.85. The van der Waals surface area contributed by atoms with E-state index in [0.29, 0.717) is 6.54 Å². The van der Waals surface area contributed by atoms with Crippen LogP contribution in [-0.2, 0) is 11.3 Å². The predicted molar refractivity (Wildman–Crippen MR) is 91.4 cm³/mol. The number of hydrogen-bond acceptors (Lipinski definition) is 3. The molecule has 1 fully saturated rings. The van der Waals surface area contributed by atoms with E-state index in [1.54, 1.807) is 6.92 Å². The quantitative estimate of drug-likeness (QED) is 0.841. The highest BCUT2D eigenvalue weighted by Gasteiger charge is 2.24. The summed E-state index contributed by atoms with van der Waals surface area (Å²) in [6, 6.07) is 8.11. The molecule has 1 aromatic rings. The Morgan fingerprint density at radius 2 is 1.96 bits per heavy atom. The monoisotopic (exact) mass is 316 g/mol. The van der Waals surface area contributed by atoms with Gasteiger partial charge in [0.2, 0.25) is 5.91 Å². The first-order valence-corrected chi connectivity index (χ1v) is 8.91. The third-order valence-electron chi connectivity index (χ3n) is 4.81. The van der Waals surface area contributed by atoms with Gasteiger partial charge >= 0.3 is 0 Å². The average molecular weight is 316 g/mol. The van der Waals surface area contributed by atoms with Gasteiger partial charge in [-0.15, -0.1) is 0 Å². The minimum Gasteiger partial charge on any atom is -0.492 e. The molecule has 0 N–H and O–H groups in total. The van der Waals surface area contributed by atoms with Crippen molar-refractivity contribution < 1.29 is 9.53 Å². The van der Waals surface area contributed by atoms with Crippen molar-refractivity contribution in [3.63, 3.8) is 0 Å². The summed E-state index contributed by atoms with van der Waals surface area (Å²) in [5, 5.41) is 0. The number of ether oxygens (including phenoxy) is 1. The van der Waals surface area contributed by atoms with Crippen LogP contribution < -0.4 is 4.74 Å². The summed E-state index contributed by atoms with van der Waals surface area (Å²) < 4.78 is 6.04. The molecule has 3 rings (SSSR count). The summed E-state index contributed by atoms with van der Waals surface area (Å²) in [5.41, 5.74) is 1.11. The molecule has 1 saturated carbocycles. The van der Waals surface area contributed by atoms with Crippen molar-refractivity contribution in [1.82, 2.24) is 9.80 Å². The Morgan fingerprint density at radius 1 is 1.17 bits per heavy atom. The van der Waals surface area contributed by atoms with E-state index in [0.717, 1.165) is 56.3 Å². The number of fused-ring (bicyclic) bond motifs is 1. The van der Waals surface area contributed by atoms with Crippen LogP contribution in [0.3, 0.4) is 0 Å². The molecule has 0 atom stereocenters. The Balaban J connectivity index is 1.70. The number of nitrogens with zero attached hydrogens (tertiary/aromatic N) is 2. The highest BCUT2D eigenvalue weighted by molar-refractivity contribution is 5.73. The van der Waals surface area contributed by atoms with Gasteiger partial charge in [0, 0.05) is 38.7 Å². The molecule has 0 radical (unpaired) electrons. The number of hydrogen-bond donors (Lipinski definition) is 0. The molecule has 0 bridgehead atoms. The van der Waals surface area contributed by atoms with Gasteiger partial charge in [-0.25, -0.2) is 0 Å². The van der Waals surface area contributed by atoms with E-state index in [2.05, 4.69) is 11.0 Å². The summed E-state index contributed by atoms with van der Waals surface area (Å²) in [7, 11) is 0. The molecule has 0 spiro atoms. The van der Waals surface area contributed by atoms with Gasteiger partial charge in [-0.1, -0.05) is 18.2 Å². The molecule has 1 heterocycles. The lowest BCUT2D eigenvalue weighted by Crippen LogP contribution is -2.34. The van der Waals surface area contributed by atoms with Gasteiger partial charge in [-0.05, 0) is 44.2 Å². The van der Waals surface area contributed by atoms with Gasteiger partial charge in [0.1, 0.15) is 12.4 Å². The van der Waals surface area contributed by atoms with E-state index in [1.807, 2.05) is 23.1 Å². The zero-order valence-electron chi connectivity index (χ0n) is 14.2. The van der Waals surface area contributed by atoms with Crippen LogP contribution in [0.5, 0.6) is 5.75 Å². The van der Waals surface area contributed by atoms with Crippen LogP contribution in [0.2, 0.25) is 0 Å². The van der Waals surface area contributed by atoms with Crippen LogP contribution in [-0.4, -0.2) is 48.5 Å². The molecule has 1 aromatic carbocycles. The van der Waals surface area contributed by atoms with E-state index >= 15 is 0 Å². The predicted octanol–water partition coefficient (Wildman–Crippen LogP) is 2.92. The summed E-state index contributed by atoms with van der Waals surface area (Å²) in [4.78, 5) is 16.4. The normalized spacial score (nSPS) is 20.8. The first-order chi connectivity index (χ1) is 11.2. The molecule has 4 heteroatoms. The smallest absolute Gasteiger partial charge is 0.219 e. The number of rotatable bonds is 2. The number of benzene rings is 1. The van der Waals surface area contributed by atoms with E-state index in [-0.39, 0.29) is 5.91 Å². The first kappa shape index (κ1) is 16.3. The maximum Gasteiger partial charge on any atom is 0.219 e. The fourth-order valence-electron chi connectivity index (χ4n) is 3.21. The van der Waals surface area contributed by atoms with Gasteiger partial charge in [-0.3, -0.25) is 9.69 Å². The highest BCUT2D eigenvalue weighted by Crippen LogP contribution is 2.30. The summed E-state index contributed by atoms with van der Waals surface area (Å²) >= 11 is 0. The van der Waals surface area contributed by atoms with Gasteiger partial charge in [0.15, 0.2) is 0 Å². The molecule has 2 aliphatic rings. The highest BCUT2D eigenvalue weighted by atomic mass is 16.5. The van der Waals surface area contributed by atoms with Crippen LogP contribution in [0.25, 0.3) is 0 Å². The molecule has 0 saturated heterocycles. The van der Waals surface area contributed by atoms with Gasteiger partial charge < -0.3 is 9.64 Å². The summed E-state index contributed by atoms with van der Waals surface area (Å²) in [5.74, 6) is 1.97. The minimum absolute atomic E-state index is 0.145. The molecular formula is C19H28N2O2. The SMILES string of the molecule is CC(=O)N1CCCCN(CC2CC2)CCOc2ccccc2C1. The Kier molecular flexibility index (Phi) is 5.55. The summed E-state index contributed by atoms with van der Waals surface area (Å²) in [6.45, 7) is 7.20. The molecule has 0 aromatic heterocycles. The number of para-hydroxylation sites is 1. The zero-order chi connectivity index (χ0) is 16.1. The second-order valence-electron chi connectivity index (χ2n) is 6.85. The second kappa shape index (κ2) is 7.82. The average Bonchev–Trinajstić information content (AvgIpc) is 3.33. The van der Waals surface area contributed by atoms with Crippen molar-refractivity contribution in [1.29, 1.82) is 0 Å². The molecule has 1 amide bonds. The Hall–Kier alpha value is -1.55. The molecule has 126 valence electrons. The van der Waals surface area contributed by atoms with Crippen LogP contribution in [0.4, 0.5) is 0 Å². The third-order valence-corrected chi connectivity index (χ3v) is 4.81. The van der Waals surface area contributed by atoms with Gasteiger partial charge in [0.25, 0.3) is 0 Å². The van der Waals surface area contributed by atoms with Gasteiger partial charge in [-0.2, -0.15) is 0 Å². The molecule has 23 heavy (non-hydrogen) atoms. The van der Waals surface area contributed by atoms with Crippen LogP contribution in [0.1, 0.15) is 38.2 Å². The fourth-order valence-corrected chi connectivity index (χ4v) is 3.21. The number of amides is 1. The molecule has 1 aliphatic carbocycles. The van der Waals surface area contributed by atoms with Gasteiger partial charge in [0.05, 0.1) is 0 Å². The van der Waals surface area contributed by atoms with Crippen LogP contribution in [0, 0.1) is 5.92 Å². The van der Waals surface area contributed by atoms with Crippen LogP contribution in [0.15, 0.2) is 24.3 Å². The molecule has 1 aliphatic heterocycles. The lowest BCUT2D eigenvalue weighted by molar-refractivity contribution is -0.129. The van der Waals surface area contributed by atoms with E-state index in [1.165, 1.54) is 19.4 Å². The Labute approximate surface area is 139 Å². The number of carbonyl (C=O) groups excluding carboxylic acids is 1. The molecule has 0 unspecified atom stereocenters. The van der Waals surface area contributed by atoms with E-state index in [9.17, 15) is 4.79 Å². The minimum atomic E-state index is 0.145. The number of carbonyl (C=O) groups is 1. The van der Waals surface area contributed by atoms with Crippen molar-refractivity contribution in [3.05, 3.63) is 29.8 Å². The van der Waals surface area contributed by atoms with Crippen molar-refractivity contribution in [2.24, 2.45) is 5.92 Å². The third kappa shape index (κ3) is 4.96. The molecular weight excluding hydrogens is 288 g/mol. The fraction of sp³-hybridized carbons (Fsp3) is 0.632. The zero-order valence-corrected chi connectivity index (χ0v) is 14.2. The van der Waals surface area contributed by atoms with E-state index in [4.69, 9.17) is 4.74 Å². The largest absolute Gasteiger partial charge is 0.492 e. The summed E-state index contributed by atoms with van der Waals surface area (Å²) in [6.07, 6.45) is 5.00. The standard InChI is InChI=1S/C19H28N2O2/c1-16(22)21-11-5-4-10-20(14-17-8-9-17)12-13-23-19-7-3-2-6-18(19)15-21/h2-3,6-7,17H,4-5,8-15H2,1H3. The maximum absolute atomic E-state index is 11.9. The maximum atomic E-state index is 11.9. The first-order valence-electron chi connectivity index (χ1n) is 8.91. The molecule has 4 nitrogen and oxygen atoms in total. The van der Waals surface area contributed by atoms with Crippen molar-refractivity contribution in [2.45, 2.75) is 39.2 Å². The van der Waals surface area contributed by atoms with E-state index < -0.39 is 0 Å². The Bertz CT molecular complexity index is 528. The topological polar surface area (TPSA) is 32.8 Å². The van der Waals surface area contributed by atoms with Crippen molar-refractivity contribution in [2.75, 3.05) is 32.8 Å². The Morgan fingerprint density at radius 3 is 2.74 bits per heavy atom. The van der Waals surface area contributed by atoms with Crippen molar-refractivity contribution in [3.8, 4) is 5.75 Å². The van der Waals surface area contributed by atoms with Crippen molar-refractivity contribution >= 4 is 5.91 Å². The lowest BCUT2D eigenvalue weighted by Gasteiger charge is -2.27.